The summed E-state index contributed by atoms with van der Waals surface area (Å²) >= 11 is 0. The highest BCUT2D eigenvalue weighted by molar-refractivity contribution is 5.28. The van der Waals surface area contributed by atoms with Gasteiger partial charge in [0.1, 0.15) is 5.82 Å². The van der Waals surface area contributed by atoms with E-state index in [1.807, 2.05) is 19.1 Å². The van der Waals surface area contributed by atoms with Crippen LogP contribution >= 0.6 is 0 Å². The molecule has 1 rings (SSSR count). The number of rotatable bonds is 4. The fourth-order valence-electron chi connectivity index (χ4n) is 1.49. The van der Waals surface area contributed by atoms with E-state index in [4.69, 9.17) is 0 Å². The molecule has 0 heterocycles. The van der Waals surface area contributed by atoms with E-state index >= 15 is 0 Å². The Morgan fingerprint density at radius 2 is 2.23 bits per heavy atom. The van der Waals surface area contributed by atoms with Gasteiger partial charge >= 0.3 is 0 Å². The molecule has 0 aromatic heterocycles. The van der Waals surface area contributed by atoms with Gasteiger partial charge in [-0.2, -0.15) is 0 Å². The van der Waals surface area contributed by atoms with Gasteiger partial charge in [0.25, 0.3) is 0 Å². The minimum Gasteiger partial charge on any atom is -0.207 e. The molecular formula is C12H15F. The zero-order chi connectivity index (χ0) is 9.68. The third-order valence-corrected chi connectivity index (χ3v) is 2.19. The average Bonchev–Trinajstić information content (AvgIpc) is 2.15. The van der Waals surface area contributed by atoms with Crippen molar-refractivity contribution in [1.29, 1.82) is 0 Å². The van der Waals surface area contributed by atoms with Crippen molar-refractivity contribution >= 4 is 0 Å². The summed E-state index contributed by atoms with van der Waals surface area (Å²) in [6, 6.07) is 5.29. The lowest BCUT2D eigenvalue weighted by molar-refractivity contribution is 0.608. The largest absolute Gasteiger partial charge is 0.207 e. The summed E-state index contributed by atoms with van der Waals surface area (Å²) < 4.78 is 13.3. The number of benzene rings is 1. The molecule has 0 fully saturated rings. The van der Waals surface area contributed by atoms with Crippen molar-refractivity contribution in [2.24, 2.45) is 0 Å². The van der Waals surface area contributed by atoms with Crippen LogP contribution in [0.25, 0.3) is 0 Å². The lowest BCUT2D eigenvalue weighted by atomic mass is 10.0. The maximum Gasteiger partial charge on any atom is 0.126 e. The van der Waals surface area contributed by atoms with Crippen LogP contribution in [0.5, 0.6) is 0 Å². The maximum atomic E-state index is 13.3. The van der Waals surface area contributed by atoms with Crippen LogP contribution in [-0.2, 0) is 12.8 Å². The Hall–Kier alpha value is -1.11. The monoisotopic (exact) mass is 178 g/mol. The third kappa shape index (κ3) is 2.41. The Morgan fingerprint density at radius 3 is 2.85 bits per heavy atom. The normalized spacial score (nSPS) is 10.0. The highest BCUT2D eigenvalue weighted by Crippen LogP contribution is 2.15. The second-order valence-corrected chi connectivity index (χ2v) is 3.06. The molecule has 0 saturated heterocycles. The number of allylic oxidation sites excluding steroid dienone is 1. The van der Waals surface area contributed by atoms with Gasteiger partial charge in [-0.1, -0.05) is 25.1 Å². The lowest BCUT2D eigenvalue weighted by Crippen LogP contribution is -1.96. The smallest absolute Gasteiger partial charge is 0.126 e. The van der Waals surface area contributed by atoms with E-state index < -0.39 is 0 Å². The Kier molecular flexibility index (Phi) is 3.69. The standard InChI is InChI=1S/C12H15F/c1-3-5-7-10-8-6-9-12(13)11(10)4-2/h3,6,8-9H,1,4-5,7H2,2H3. The molecular weight excluding hydrogens is 163 g/mol. The Morgan fingerprint density at radius 1 is 1.46 bits per heavy atom. The van der Waals surface area contributed by atoms with Gasteiger partial charge in [-0.05, 0) is 36.5 Å². The molecule has 0 saturated carbocycles. The summed E-state index contributed by atoms with van der Waals surface area (Å²) in [5, 5.41) is 0. The first-order chi connectivity index (χ1) is 6.29. The quantitative estimate of drug-likeness (QED) is 0.619. The predicted molar refractivity (Wildman–Crippen MR) is 54.3 cm³/mol. The first-order valence-corrected chi connectivity index (χ1v) is 4.66. The van der Waals surface area contributed by atoms with Crippen molar-refractivity contribution in [3.63, 3.8) is 0 Å². The molecule has 70 valence electrons. The molecule has 0 unspecified atom stereocenters. The van der Waals surface area contributed by atoms with E-state index in [1.54, 1.807) is 6.07 Å². The van der Waals surface area contributed by atoms with Crippen LogP contribution < -0.4 is 0 Å². The van der Waals surface area contributed by atoms with Crippen molar-refractivity contribution in [2.75, 3.05) is 0 Å². The number of hydrogen-bond donors (Lipinski definition) is 0. The van der Waals surface area contributed by atoms with E-state index in [-0.39, 0.29) is 5.82 Å². The zero-order valence-electron chi connectivity index (χ0n) is 8.02. The fourth-order valence-corrected chi connectivity index (χ4v) is 1.49. The molecule has 0 bridgehead atoms. The third-order valence-electron chi connectivity index (χ3n) is 2.19. The van der Waals surface area contributed by atoms with Crippen molar-refractivity contribution < 1.29 is 4.39 Å². The number of hydrogen-bond acceptors (Lipinski definition) is 0. The second-order valence-electron chi connectivity index (χ2n) is 3.06. The Labute approximate surface area is 79.1 Å². The predicted octanol–water partition coefficient (Wildman–Crippen LogP) is 3.51. The van der Waals surface area contributed by atoms with Gasteiger partial charge in [0.05, 0.1) is 0 Å². The molecule has 0 nitrogen and oxygen atoms in total. The average molecular weight is 178 g/mol. The summed E-state index contributed by atoms with van der Waals surface area (Å²) in [5.41, 5.74) is 1.96. The van der Waals surface area contributed by atoms with Crippen molar-refractivity contribution in [3.05, 3.63) is 47.8 Å². The van der Waals surface area contributed by atoms with E-state index in [0.717, 1.165) is 30.4 Å². The summed E-state index contributed by atoms with van der Waals surface area (Å²) in [7, 11) is 0. The van der Waals surface area contributed by atoms with Gasteiger partial charge in [-0.15, -0.1) is 6.58 Å². The van der Waals surface area contributed by atoms with Crippen LogP contribution in [0.1, 0.15) is 24.5 Å². The van der Waals surface area contributed by atoms with E-state index in [2.05, 4.69) is 6.58 Å². The fraction of sp³-hybridized carbons (Fsp3) is 0.333. The van der Waals surface area contributed by atoms with Gasteiger partial charge in [-0.25, -0.2) is 4.39 Å². The van der Waals surface area contributed by atoms with E-state index in [1.165, 1.54) is 6.07 Å². The van der Waals surface area contributed by atoms with Gasteiger partial charge in [0, 0.05) is 0 Å². The van der Waals surface area contributed by atoms with E-state index in [9.17, 15) is 4.39 Å². The molecule has 1 aromatic carbocycles. The Balaban J connectivity index is 2.91. The van der Waals surface area contributed by atoms with Crippen molar-refractivity contribution in [2.45, 2.75) is 26.2 Å². The second kappa shape index (κ2) is 4.80. The van der Waals surface area contributed by atoms with Crippen LogP contribution in [0.4, 0.5) is 4.39 Å². The number of aryl methyl sites for hydroxylation is 1. The van der Waals surface area contributed by atoms with Gasteiger partial charge < -0.3 is 0 Å². The highest BCUT2D eigenvalue weighted by Gasteiger charge is 2.04. The summed E-state index contributed by atoms with van der Waals surface area (Å²) in [6.07, 6.45) is 4.43. The first-order valence-electron chi connectivity index (χ1n) is 4.66. The van der Waals surface area contributed by atoms with E-state index in [0.29, 0.717) is 0 Å². The summed E-state index contributed by atoms with van der Waals surface area (Å²) in [5.74, 6) is -0.0796. The minimum absolute atomic E-state index is 0.0796. The van der Waals surface area contributed by atoms with Gasteiger partial charge in [0.15, 0.2) is 0 Å². The van der Waals surface area contributed by atoms with Crippen LogP contribution in [-0.4, -0.2) is 0 Å². The van der Waals surface area contributed by atoms with Gasteiger partial charge in [0.2, 0.25) is 0 Å². The maximum absolute atomic E-state index is 13.3. The molecule has 0 spiro atoms. The molecule has 0 N–H and O–H groups in total. The molecule has 1 heteroatoms. The first kappa shape index (κ1) is 9.97. The van der Waals surface area contributed by atoms with Crippen LogP contribution in [0.3, 0.4) is 0 Å². The topological polar surface area (TPSA) is 0 Å². The molecule has 0 aliphatic carbocycles. The molecule has 0 radical (unpaired) electrons. The molecule has 0 amide bonds. The van der Waals surface area contributed by atoms with Crippen molar-refractivity contribution in [3.8, 4) is 0 Å². The highest BCUT2D eigenvalue weighted by atomic mass is 19.1. The summed E-state index contributed by atoms with van der Waals surface area (Å²) in [6.45, 7) is 5.64. The Bertz CT molecular complexity index is 289. The SMILES string of the molecule is C=CCCc1cccc(F)c1CC. The molecule has 0 aliphatic heterocycles. The van der Waals surface area contributed by atoms with Crippen LogP contribution in [0.15, 0.2) is 30.9 Å². The van der Waals surface area contributed by atoms with Gasteiger partial charge in [-0.3, -0.25) is 0 Å². The molecule has 0 aliphatic rings. The molecule has 0 atom stereocenters. The van der Waals surface area contributed by atoms with Crippen LogP contribution in [0, 0.1) is 5.82 Å². The molecule has 13 heavy (non-hydrogen) atoms. The summed E-state index contributed by atoms with van der Waals surface area (Å²) in [4.78, 5) is 0. The van der Waals surface area contributed by atoms with Crippen molar-refractivity contribution in [1.82, 2.24) is 0 Å². The van der Waals surface area contributed by atoms with Crippen LogP contribution in [0.2, 0.25) is 0 Å². The minimum atomic E-state index is -0.0796. The zero-order valence-corrected chi connectivity index (χ0v) is 8.02. The molecule has 1 aromatic rings. The lowest BCUT2D eigenvalue weighted by Gasteiger charge is -2.06. The number of halogens is 1.